The van der Waals surface area contributed by atoms with Crippen LogP contribution in [-0.4, -0.2) is 31.2 Å². The molecule has 0 aliphatic heterocycles. The maximum atomic E-state index is 11.0. The number of nitrogens with one attached hydrogen (secondary N) is 1. The van der Waals surface area contributed by atoms with Gasteiger partial charge in [0.15, 0.2) is 5.75 Å². The number of hydrogen-bond acceptors (Lipinski definition) is 6. The smallest absolute Gasteiger partial charge is 0.314 e. The van der Waals surface area contributed by atoms with Gasteiger partial charge in [0.25, 0.3) is 0 Å². The topological polar surface area (TPSA) is 97.4 Å². The lowest BCUT2D eigenvalue weighted by molar-refractivity contribution is -0.385. The van der Waals surface area contributed by atoms with E-state index >= 15 is 0 Å². The Labute approximate surface area is 117 Å². The Bertz CT molecular complexity index is 499. The zero-order chi connectivity index (χ0) is 15.0. The number of methoxy groups -OCH3 is 1. The van der Waals surface area contributed by atoms with E-state index in [0.717, 1.165) is 6.42 Å². The lowest BCUT2D eigenvalue weighted by Crippen LogP contribution is -2.33. The van der Waals surface area contributed by atoms with Gasteiger partial charge in [0.2, 0.25) is 0 Å². The van der Waals surface area contributed by atoms with Gasteiger partial charge >= 0.3 is 5.69 Å². The van der Waals surface area contributed by atoms with Crippen molar-refractivity contribution in [3.05, 3.63) is 28.3 Å². The van der Waals surface area contributed by atoms with Crippen LogP contribution in [0.5, 0.6) is 11.5 Å². The lowest BCUT2D eigenvalue weighted by atomic mass is 10.2. The molecular weight excluding hydrogens is 262 g/mol. The van der Waals surface area contributed by atoms with Gasteiger partial charge in [-0.1, -0.05) is 6.92 Å². The third-order valence-electron chi connectivity index (χ3n) is 2.56. The van der Waals surface area contributed by atoms with E-state index in [0.29, 0.717) is 12.3 Å². The molecule has 7 heteroatoms. The molecule has 0 aliphatic rings. The van der Waals surface area contributed by atoms with Crippen LogP contribution < -0.4 is 14.8 Å². The molecule has 0 saturated heterocycles. The van der Waals surface area contributed by atoms with Crippen LogP contribution in [0.15, 0.2) is 18.2 Å². The third kappa shape index (κ3) is 4.40. The molecule has 0 saturated carbocycles. The van der Waals surface area contributed by atoms with E-state index < -0.39 is 11.0 Å². The molecule has 0 fully saturated rings. The van der Waals surface area contributed by atoms with Crippen LogP contribution in [0.2, 0.25) is 0 Å². The minimum atomic E-state index is -0.543. The summed E-state index contributed by atoms with van der Waals surface area (Å²) < 4.78 is 10.3. The van der Waals surface area contributed by atoms with Crippen LogP contribution in [0, 0.1) is 21.4 Å². The lowest BCUT2D eigenvalue weighted by Gasteiger charge is -2.12. The second kappa shape index (κ2) is 7.96. The van der Waals surface area contributed by atoms with Crippen LogP contribution in [-0.2, 0) is 0 Å². The average Bonchev–Trinajstić information content (AvgIpc) is 2.47. The number of hydrogen-bond donors (Lipinski definition) is 1. The first-order valence-electron chi connectivity index (χ1n) is 6.20. The van der Waals surface area contributed by atoms with Crippen LogP contribution >= 0.6 is 0 Å². The summed E-state index contributed by atoms with van der Waals surface area (Å²) in [5.74, 6) is 0.499. The van der Waals surface area contributed by atoms with Gasteiger partial charge in [-0.2, -0.15) is 5.26 Å². The summed E-state index contributed by atoms with van der Waals surface area (Å²) in [6, 6.07) is 5.87. The number of benzene rings is 1. The average molecular weight is 279 g/mol. The highest BCUT2D eigenvalue weighted by molar-refractivity contribution is 5.50. The summed E-state index contributed by atoms with van der Waals surface area (Å²) in [5, 5.41) is 22.9. The normalized spacial score (nSPS) is 11.4. The summed E-state index contributed by atoms with van der Waals surface area (Å²) in [6.45, 7) is 2.71. The second-order valence-electron chi connectivity index (χ2n) is 4.04. The molecule has 108 valence electrons. The van der Waals surface area contributed by atoms with Gasteiger partial charge in [0.1, 0.15) is 18.4 Å². The first kappa shape index (κ1) is 15.7. The second-order valence-corrected chi connectivity index (χ2v) is 4.04. The Morgan fingerprint density at radius 1 is 1.55 bits per heavy atom. The molecule has 1 rings (SSSR count). The summed E-state index contributed by atoms with van der Waals surface area (Å²) >= 11 is 0. The van der Waals surface area contributed by atoms with Crippen molar-refractivity contribution in [3.8, 4) is 17.6 Å². The van der Waals surface area contributed by atoms with E-state index in [1.54, 1.807) is 6.07 Å². The zero-order valence-electron chi connectivity index (χ0n) is 11.5. The van der Waals surface area contributed by atoms with E-state index in [9.17, 15) is 10.1 Å². The van der Waals surface area contributed by atoms with Gasteiger partial charge in [0.05, 0.1) is 24.2 Å². The van der Waals surface area contributed by atoms with E-state index in [1.165, 1.54) is 19.2 Å². The first-order valence-corrected chi connectivity index (χ1v) is 6.20. The Hall–Kier alpha value is -2.33. The molecule has 0 amide bonds. The highest BCUT2D eigenvalue weighted by Crippen LogP contribution is 2.30. The molecule has 20 heavy (non-hydrogen) atoms. The monoisotopic (exact) mass is 279 g/mol. The van der Waals surface area contributed by atoms with Crippen molar-refractivity contribution in [1.82, 2.24) is 5.32 Å². The van der Waals surface area contributed by atoms with Crippen molar-refractivity contribution in [2.24, 2.45) is 0 Å². The molecular formula is C13H17N3O4. The van der Waals surface area contributed by atoms with E-state index in [1.807, 2.05) is 13.0 Å². The van der Waals surface area contributed by atoms with Gasteiger partial charge in [-0.3, -0.25) is 15.4 Å². The standard InChI is InChI=1S/C13H17N3O4/c1-3-6-15-10(8-14)9-20-13-5-4-11(19-2)7-12(13)16(17)18/h4-5,7,10,15H,3,6,9H2,1-2H3. The summed E-state index contributed by atoms with van der Waals surface area (Å²) in [7, 11) is 1.43. The molecule has 0 aromatic heterocycles. The molecule has 0 bridgehead atoms. The fraction of sp³-hybridized carbons (Fsp3) is 0.462. The number of nitro benzene ring substituents is 1. The fourth-order valence-corrected chi connectivity index (χ4v) is 1.52. The van der Waals surface area contributed by atoms with Crippen LogP contribution in [0.4, 0.5) is 5.69 Å². The number of nitrogens with zero attached hydrogens (tertiary/aromatic N) is 2. The highest BCUT2D eigenvalue weighted by atomic mass is 16.6. The molecule has 1 N–H and O–H groups in total. The minimum Gasteiger partial charge on any atom is -0.496 e. The van der Waals surface area contributed by atoms with Gasteiger partial charge in [-0.25, -0.2) is 0 Å². The Morgan fingerprint density at radius 3 is 2.85 bits per heavy atom. The van der Waals surface area contributed by atoms with Crippen molar-refractivity contribution in [3.63, 3.8) is 0 Å². The summed E-state index contributed by atoms with van der Waals surface area (Å²) in [6.07, 6.45) is 0.890. The molecule has 0 spiro atoms. The summed E-state index contributed by atoms with van der Waals surface area (Å²) in [4.78, 5) is 10.4. The third-order valence-corrected chi connectivity index (χ3v) is 2.56. The van der Waals surface area contributed by atoms with Crippen LogP contribution in [0.25, 0.3) is 0 Å². The number of ether oxygens (including phenoxy) is 2. The predicted molar refractivity (Wildman–Crippen MR) is 72.8 cm³/mol. The Morgan fingerprint density at radius 2 is 2.30 bits per heavy atom. The van der Waals surface area contributed by atoms with E-state index in [4.69, 9.17) is 14.7 Å². The zero-order valence-corrected chi connectivity index (χ0v) is 11.5. The van der Waals surface area contributed by atoms with Gasteiger partial charge in [0, 0.05) is 0 Å². The minimum absolute atomic E-state index is 0.0453. The first-order chi connectivity index (χ1) is 9.62. The quantitative estimate of drug-likeness (QED) is 0.576. The van der Waals surface area contributed by atoms with Crippen molar-refractivity contribution in [2.45, 2.75) is 19.4 Å². The van der Waals surface area contributed by atoms with Gasteiger partial charge in [-0.15, -0.1) is 0 Å². The molecule has 0 aliphatic carbocycles. The van der Waals surface area contributed by atoms with Crippen molar-refractivity contribution < 1.29 is 14.4 Å². The van der Waals surface area contributed by atoms with E-state index in [2.05, 4.69) is 5.32 Å². The highest BCUT2D eigenvalue weighted by Gasteiger charge is 2.18. The molecule has 7 nitrogen and oxygen atoms in total. The molecule has 1 aromatic carbocycles. The van der Waals surface area contributed by atoms with Crippen molar-refractivity contribution in [1.29, 1.82) is 5.26 Å². The fourth-order valence-electron chi connectivity index (χ4n) is 1.52. The largest absolute Gasteiger partial charge is 0.496 e. The van der Waals surface area contributed by atoms with E-state index in [-0.39, 0.29) is 18.0 Å². The maximum Gasteiger partial charge on any atom is 0.314 e. The molecule has 0 heterocycles. The number of rotatable bonds is 8. The van der Waals surface area contributed by atoms with Crippen molar-refractivity contribution >= 4 is 5.69 Å². The predicted octanol–water partition coefficient (Wildman–Crippen LogP) is 1.87. The number of nitro groups is 1. The maximum absolute atomic E-state index is 11.0. The number of nitriles is 1. The van der Waals surface area contributed by atoms with Crippen LogP contribution in [0.1, 0.15) is 13.3 Å². The molecule has 1 atom stereocenters. The summed E-state index contributed by atoms with van der Waals surface area (Å²) in [5.41, 5.74) is -0.184. The van der Waals surface area contributed by atoms with Gasteiger partial charge in [-0.05, 0) is 25.1 Å². The Balaban J connectivity index is 2.76. The SMILES string of the molecule is CCCNC(C#N)COc1ccc(OC)cc1[N+](=O)[O-]. The van der Waals surface area contributed by atoms with Crippen molar-refractivity contribution in [2.75, 3.05) is 20.3 Å². The Kier molecular flexibility index (Phi) is 6.26. The van der Waals surface area contributed by atoms with Gasteiger partial charge < -0.3 is 9.47 Å². The molecule has 0 radical (unpaired) electrons. The molecule has 1 aromatic rings. The van der Waals surface area contributed by atoms with Crippen LogP contribution in [0.3, 0.4) is 0 Å². The molecule has 1 unspecified atom stereocenters.